The van der Waals surface area contributed by atoms with Crippen LogP contribution in [0.2, 0.25) is 0 Å². The molecule has 0 bridgehead atoms. The molecule has 0 saturated heterocycles. The Morgan fingerprint density at radius 2 is 2.24 bits per heavy atom. The Hall–Kier alpha value is -1.99. The van der Waals surface area contributed by atoms with Gasteiger partial charge in [0.1, 0.15) is 0 Å². The van der Waals surface area contributed by atoms with Crippen LogP contribution in [0.4, 0.5) is 8.78 Å². The molecule has 0 fully saturated rings. The van der Waals surface area contributed by atoms with Crippen LogP contribution in [0.1, 0.15) is 30.3 Å². The number of halogens is 2. The highest BCUT2D eigenvalue weighted by Crippen LogP contribution is 2.09. The highest BCUT2D eigenvalue weighted by Gasteiger charge is 2.15. The predicted molar refractivity (Wildman–Crippen MR) is 52.7 cm³/mol. The molecule has 0 aliphatic carbocycles. The lowest BCUT2D eigenvalue weighted by Gasteiger charge is -2.09. The van der Waals surface area contributed by atoms with E-state index in [0.717, 1.165) is 12.4 Å². The zero-order chi connectivity index (χ0) is 13.0. The Morgan fingerprint density at radius 3 is 2.71 bits per heavy atom. The Morgan fingerprint density at radius 1 is 1.59 bits per heavy atom. The van der Waals surface area contributed by atoms with Crippen molar-refractivity contribution >= 4 is 11.9 Å². The third kappa shape index (κ3) is 3.82. The van der Waals surface area contributed by atoms with Gasteiger partial charge in [-0.15, -0.1) is 0 Å². The average molecular weight is 247 g/mol. The van der Waals surface area contributed by atoms with Crippen LogP contribution < -0.4 is 5.32 Å². The summed E-state index contributed by atoms with van der Waals surface area (Å²) in [6.45, 7) is -1.31. The average Bonchev–Trinajstić information content (AvgIpc) is 2.64. The molecule has 1 aromatic rings. The number of carboxylic acid groups (broad SMARTS) is 1. The van der Waals surface area contributed by atoms with E-state index in [1.807, 2.05) is 0 Å². The minimum atomic E-state index is -2.81. The van der Waals surface area contributed by atoms with Crippen LogP contribution in [0, 0.1) is 0 Å². The lowest BCUT2D eigenvalue weighted by molar-refractivity contribution is -0.137. The Balaban J connectivity index is 2.60. The Labute approximate surface area is 95.2 Å². The number of aromatic nitrogens is 2. The predicted octanol–water partition coefficient (Wildman–Crippen LogP) is 0.871. The number of carbonyl (C=O) groups excluding carboxylic acids is 1. The lowest BCUT2D eigenvalue weighted by Crippen LogP contribution is -2.34. The number of hydrogen-bond acceptors (Lipinski definition) is 3. The molecule has 1 unspecified atom stereocenters. The van der Waals surface area contributed by atoms with E-state index in [9.17, 15) is 18.4 Å². The van der Waals surface area contributed by atoms with Gasteiger partial charge in [0.2, 0.25) is 0 Å². The second kappa shape index (κ2) is 5.37. The standard InChI is InChI=1S/C9H11F2N3O3/c1-5(2-7(15)16)13-8(17)6-3-12-14(4-6)9(10)11/h3-5,9H,2H2,1H3,(H,13,17)(H,15,16). The van der Waals surface area contributed by atoms with Gasteiger partial charge in [0.05, 0.1) is 18.2 Å². The van der Waals surface area contributed by atoms with Crippen molar-refractivity contribution in [3.8, 4) is 0 Å². The third-order valence-corrected chi connectivity index (χ3v) is 1.92. The van der Waals surface area contributed by atoms with Crippen molar-refractivity contribution in [1.82, 2.24) is 15.1 Å². The summed E-state index contributed by atoms with van der Waals surface area (Å²) in [6, 6.07) is -0.588. The first-order valence-corrected chi connectivity index (χ1v) is 4.75. The van der Waals surface area contributed by atoms with Crippen LogP contribution in [0.25, 0.3) is 0 Å². The summed E-state index contributed by atoms with van der Waals surface area (Å²) in [5, 5.41) is 14.1. The van der Waals surface area contributed by atoms with Gasteiger partial charge < -0.3 is 10.4 Å². The normalized spacial score (nSPS) is 12.5. The van der Waals surface area contributed by atoms with Crippen molar-refractivity contribution in [1.29, 1.82) is 0 Å². The molecule has 0 aliphatic heterocycles. The summed E-state index contributed by atoms with van der Waals surface area (Å²) in [5.74, 6) is -1.69. The number of rotatable bonds is 5. The zero-order valence-electron chi connectivity index (χ0n) is 8.93. The fraction of sp³-hybridized carbons (Fsp3) is 0.444. The summed E-state index contributed by atoms with van der Waals surface area (Å²) in [7, 11) is 0. The molecule has 8 heteroatoms. The lowest BCUT2D eigenvalue weighted by atomic mass is 10.2. The van der Waals surface area contributed by atoms with Crippen molar-refractivity contribution in [2.45, 2.75) is 25.9 Å². The molecule has 0 aromatic carbocycles. The molecule has 0 aliphatic rings. The summed E-state index contributed by atoms with van der Waals surface area (Å²) in [5.41, 5.74) is -0.0393. The number of carbonyl (C=O) groups is 2. The molecule has 0 spiro atoms. The van der Waals surface area contributed by atoms with Gasteiger partial charge in [-0.3, -0.25) is 9.59 Å². The van der Waals surface area contributed by atoms with Crippen molar-refractivity contribution in [2.24, 2.45) is 0 Å². The number of carboxylic acids is 1. The van der Waals surface area contributed by atoms with Gasteiger partial charge in [0.25, 0.3) is 5.91 Å². The van der Waals surface area contributed by atoms with Gasteiger partial charge >= 0.3 is 12.5 Å². The molecular weight excluding hydrogens is 236 g/mol. The molecule has 94 valence electrons. The van der Waals surface area contributed by atoms with Gasteiger partial charge in [-0.25, -0.2) is 4.68 Å². The van der Waals surface area contributed by atoms with Crippen LogP contribution in [-0.2, 0) is 4.79 Å². The molecule has 17 heavy (non-hydrogen) atoms. The fourth-order valence-corrected chi connectivity index (χ4v) is 1.18. The van der Waals surface area contributed by atoms with E-state index in [1.165, 1.54) is 6.92 Å². The summed E-state index contributed by atoms with van der Waals surface area (Å²) >= 11 is 0. The molecule has 1 heterocycles. The fourth-order valence-electron chi connectivity index (χ4n) is 1.18. The number of hydrogen-bond donors (Lipinski definition) is 2. The summed E-state index contributed by atoms with van der Waals surface area (Å²) in [4.78, 5) is 21.8. The first-order valence-electron chi connectivity index (χ1n) is 4.75. The molecule has 1 amide bonds. The smallest absolute Gasteiger partial charge is 0.333 e. The van der Waals surface area contributed by atoms with E-state index in [4.69, 9.17) is 5.11 Å². The zero-order valence-corrected chi connectivity index (χ0v) is 8.93. The van der Waals surface area contributed by atoms with Gasteiger partial charge in [-0.05, 0) is 6.92 Å². The van der Waals surface area contributed by atoms with Gasteiger partial charge in [0, 0.05) is 12.2 Å². The molecule has 2 N–H and O–H groups in total. The van der Waals surface area contributed by atoms with Crippen molar-refractivity contribution in [3.05, 3.63) is 18.0 Å². The van der Waals surface area contributed by atoms with E-state index < -0.39 is 24.5 Å². The van der Waals surface area contributed by atoms with Crippen LogP contribution in [0.3, 0.4) is 0 Å². The van der Waals surface area contributed by atoms with Crippen LogP contribution in [0.5, 0.6) is 0 Å². The summed E-state index contributed by atoms with van der Waals surface area (Å²) < 4.78 is 24.7. The Bertz CT molecular complexity index is 419. The van der Waals surface area contributed by atoms with Crippen LogP contribution in [-0.4, -0.2) is 32.8 Å². The van der Waals surface area contributed by atoms with Crippen LogP contribution >= 0.6 is 0 Å². The second-order valence-corrected chi connectivity index (χ2v) is 3.46. The highest BCUT2D eigenvalue weighted by molar-refractivity contribution is 5.94. The molecular formula is C9H11F2N3O3. The van der Waals surface area contributed by atoms with E-state index >= 15 is 0 Å². The molecule has 6 nitrogen and oxygen atoms in total. The van der Waals surface area contributed by atoms with Crippen LogP contribution in [0.15, 0.2) is 12.4 Å². The van der Waals surface area contributed by atoms with Gasteiger partial charge in [0.15, 0.2) is 0 Å². The maximum Gasteiger partial charge on any atom is 0.333 e. The Kier molecular flexibility index (Phi) is 4.13. The van der Waals surface area contributed by atoms with E-state index in [0.29, 0.717) is 4.68 Å². The number of alkyl halides is 2. The van der Waals surface area contributed by atoms with Crippen molar-refractivity contribution < 1.29 is 23.5 Å². The van der Waals surface area contributed by atoms with E-state index in [1.54, 1.807) is 0 Å². The van der Waals surface area contributed by atoms with Gasteiger partial charge in [-0.1, -0.05) is 0 Å². The summed E-state index contributed by atoms with van der Waals surface area (Å²) in [6.07, 6.45) is 1.65. The van der Waals surface area contributed by atoms with E-state index in [2.05, 4.69) is 10.4 Å². The topological polar surface area (TPSA) is 84.2 Å². The maximum absolute atomic E-state index is 12.2. The minimum absolute atomic E-state index is 0.0393. The second-order valence-electron chi connectivity index (χ2n) is 3.46. The monoisotopic (exact) mass is 247 g/mol. The molecule has 1 aromatic heterocycles. The van der Waals surface area contributed by atoms with Crippen molar-refractivity contribution in [2.75, 3.05) is 0 Å². The minimum Gasteiger partial charge on any atom is -0.481 e. The first kappa shape index (κ1) is 13.1. The number of amides is 1. The molecule has 0 radical (unpaired) electrons. The largest absolute Gasteiger partial charge is 0.481 e. The quantitative estimate of drug-likeness (QED) is 0.808. The highest BCUT2D eigenvalue weighted by atomic mass is 19.3. The maximum atomic E-state index is 12.2. The molecule has 0 saturated carbocycles. The van der Waals surface area contributed by atoms with Gasteiger partial charge in [-0.2, -0.15) is 13.9 Å². The number of nitrogens with zero attached hydrogens (tertiary/aromatic N) is 2. The first-order chi connectivity index (χ1) is 7.90. The third-order valence-electron chi connectivity index (χ3n) is 1.92. The molecule has 1 atom stereocenters. The molecule has 1 rings (SSSR count). The number of nitrogens with one attached hydrogen (secondary N) is 1. The number of aliphatic carboxylic acids is 1. The SMILES string of the molecule is CC(CC(=O)O)NC(=O)c1cnn(C(F)F)c1. The van der Waals surface area contributed by atoms with Crippen molar-refractivity contribution in [3.63, 3.8) is 0 Å². The van der Waals surface area contributed by atoms with E-state index in [-0.39, 0.29) is 12.0 Å².